The van der Waals surface area contributed by atoms with Crippen molar-refractivity contribution in [3.8, 4) is 0 Å². The Kier molecular flexibility index (Phi) is 36.9. The lowest BCUT2D eigenvalue weighted by Crippen LogP contribution is -2.36. The second kappa shape index (κ2) is 45.4. The summed E-state index contributed by atoms with van der Waals surface area (Å²) in [5, 5.41) is 37.8. The van der Waals surface area contributed by atoms with E-state index in [1.165, 1.54) is 138 Å². The second-order valence-corrected chi connectivity index (χ2v) is 50.2. The topological polar surface area (TPSA) is 224 Å². The SMILES string of the molecule is C=C.C=C1CCC(O)C/C1=C/C=C1\CCC[C@]2(C)C(C(C)C/C=C/S(C)(=O)=O)=CC[C@@H]12.C=C1CCC(O)C/C1=C/C=C1\CCC[C@]2(C)C(C(C)CCC(F)(F)S(C)(=O)=O)=CC[C@@H]12.C=C1CCC(O)C/C1=C/C=C1\CCC[C@]2(C)C(C(C)CCCS(=N)(=O)c3ccccc3)CC[C@@H]12.C=C1CCC(O)C/C1=C/C=C1\CCC[C@]2(C)[C@@H](C(C)CCS(=O)(=O)c3ccccc3)CC[C@@H]12. The van der Waals surface area contributed by atoms with Gasteiger partial charge < -0.3 is 20.4 Å². The molecule has 10 saturated carbocycles. The van der Waals surface area contributed by atoms with E-state index in [9.17, 15) is 58.7 Å². The third-order valence-electron chi connectivity index (χ3n) is 32.9. The number of rotatable bonds is 24. The molecule has 18 heteroatoms. The molecule has 0 aromatic heterocycles. The molecule has 0 amide bonds. The van der Waals surface area contributed by atoms with Crippen molar-refractivity contribution in [2.75, 3.05) is 24.0 Å². The molecule has 19 atom stereocenters. The number of nitrogens with one attached hydrogen (secondary N) is 1. The predicted octanol–water partition coefficient (Wildman–Crippen LogP) is 26.9. The summed E-state index contributed by atoms with van der Waals surface area (Å²) in [6.45, 7) is 41.2. The summed E-state index contributed by atoms with van der Waals surface area (Å²) in [6, 6.07) is 18.2. The van der Waals surface area contributed by atoms with Gasteiger partial charge in [-0.3, -0.25) is 0 Å². The van der Waals surface area contributed by atoms with Crippen LogP contribution in [-0.4, -0.2) is 104 Å². The lowest BCUT2D eigenvalue weighted by molar-refractivity contribution is 0.0756. The Balaban J connectivity index is 0.000000178. The molecule has 0 aliphatic heterocycles. The molecule has 2 aromatic rings. The van der Waals surface area contributed by atoms with E-state index in [1.54, 1.807) is 35.4 Å². The molecule has 0 heterocycles. The zero-order chi connectivity index (χ0) is 94.2. The van der Waals surface area contributed by atoms with Gasteiger partial charge in [-0.25, -0.2) is 34.2 Å². The lowest BCUT2D eigenvalue weighted by Gasteiger charge is -2.44. The highest BCUT2D eigenvalue weighted by Gasteiger charge is 2.54. The molecule has 12 aliphatic carbocycles. The second-order valence-electron chi connectivity index (χ2n) is 41.8. The van der Waals surface area contributed by atoms with E-state index in [2.05, 4.69) is 149 Å². The Bertz CT molecular complexity index is 5130. The molecular weight excluding hydrogens is 1690 g/mol. The first-order valence-electron chi connectivity index (χ1n) is 48.8. The van der Waals surface area contributed by atoms with Crippen LogP contribution in [0, 0.1) is 85.6 Å². The molecule has 10 unspecified atom stereocenters. The Morgan fingerprint density at radius 2 is 0.814 bits per heavy atom. The van der Waals surface area contributed by atoms with Gasteiger partial charge in [0.25, 0.3) is 0 Å². The zero-order valence-electron chi connectivity index (χ0n) is 79.9. The van der Waals surface area contributed by atoms with E-state index < -0.39 is 50.9 Å². The average Bonchev–Trinajstić information content (AvgIpc) is 1.63. The largest absolute Gasteiger partial charge is 0.393 e. The number of alkyl halides is 2. The van der Waals surface area contributed by atoms with Gasteiger partial charge in [0.05, 0.1) is 44.8 Å². The van der Waals surface area contributed by atoms with Crippen LogP contribution in [-0.2, 0) is 39.2 Å². The van der Waals surface area contributed by atoms with Gasteiger partial charge in [0.2, 0.25) is 9.84 Å². The predicted molar refractivity (Wildman–Crippen MR) is 532 cm³/mol. The van der Waals surface area contributed by atoms with E-state index >= 15 is 0 Å². The monoisotopic (exact) mass is 1850 g/mol. The minimum atomic E-state index is -4.39. The van der Waals surface area contributed by atoms with Crippen LogP contribution in [0.25, 0.3) is 0 Å². The van der Waals surface area contributed by atoms with Gasteiger partial charge in [-0.15, -0.1) is 13.2 Å². The summed E-state index contributed by atoms with van der Waals surface area (Å²) < 4.78 is 120. The van der Waals surface area contributed by atoms with Crippen molar-refractivity contribution in [1.29, 1.82) is 4.78 Å². The van der Waals surface area contributed by atoms with Crippen molar-refractivity contribution in [3.63, 3.8) is 0 Å². The lowest BCUT2D eigenvalue weighted by atomic mass is 9.61. The standard InChI is InChI=1S/C30H43NO2S.C29H40O3S.C25H36F2O3S.C25H36O3S.C2H4/c1-22-13-16-26(32)21-25(22)15-14-24-10-7-19-30(3)28(17-18-29(24)30)23(2)9-8-20-34(31,33)27-11-5-4-6-12-27;1-21-11-14-25(30)20-24(21)13-12-23-8-7-18-29(3)27(15-16-28(23)29)22(2)17-19-33(31,32)26-9-5-4-6-10-26;1-17-7-10-21(28)16-20(17)9-8-19-6-5-14-24(3)22(11-12-23(19)24)18(2)13-15-25(26,27)31(4,29)30;1-18-9-12-22(26)17-21(18)11-10-20-8-5-15-25(3)23(13-14-24(20)25)19(2)7-6-16-29(4,27)28;1-2/h4-6,11-12,14-15,23,26,28-29,31-32H,1,7-10,13,16-21H2,2-3H3;4-6,9-10,12-13,22,25,27-28,30H,1,7-8,11,14-20H2,2-3H3;8-9,11,18,21,23,28H,1,5-7,10,12-16H2,2-4H3;6,10-11,13,16,19,22,24,26H,1,5,7-9,12,14-15,17H2,2-4H3;1-2H2/b24-14+,25-15-;23-12+,24-13-;19-8+,20-9-;16-6+,20-10+,21-11-;/t23?,26?,28?,29-,30+,34?;22?,25?,27-,28+,29-;18?,21?,23-,24+;19?,22?,24-,25+;/m0100./s1. The summed E-state index contributed by atoms with van der Waals surface area (Å²) in [5.74, 6) is 5.34. The number of benzene rings is 2. The van der Waals surface area contributed by atoms with Crippen molar-refractivity contribution in [2.45, 2.75) is 326 Å². The fourth-order valence-corrected chi connectivity index (χ4v) is 29.2. The normalized spacial score (nSPS) is 33.7. The summed E-state index contributed by atoms with van der Waals surface area (Å²) in [5.41, 5.74) is 18.9. The molecule has 0 radical (unpaired) electrons. The molecule has 0 bridgehead atoms. The number of halogens is 2. The third kappa shape index (κ3) is 26.5. The average molecular weight is 1850 g/mol. The maximum Gasteiger partial charge on any atom is 0.345 e. The highest BCUT2D eigenvalue weighted by molar-refractivity contribution is 7.93. The number of hydrogen-bond acceptors (Lipinski definition) is 12. The van der Waals surface area contributed by atoms with Crippen molar-refractivity contribution < 1.29 is 58.7 Å². The van der Waals surface area contributed by atoms with Crippen LogP contribution in [0.1, 0.15) is 287 Å². The number of aliphatic hydroxyl groups is 4. The number of sulfone groups is 3. The summed E-state index contributed by atoms with van der Waals surface area (Å²) in [4.78, 5) is 1.11. The minimum absolute atomic E-state index is 0.0640. The van der Waals surface area contributed by atoms with Crippen LogP contribution >= 0.6 is 0 Å². The molecule has 10 fully saturated rings. The van der Waals surface area contributed by atoms with Crippen LogP contribution in [0.2, 0.25) is 0 Å². The van der Waals surface area contributed by atoms with Crippen molar-refractivity contribution in [1.82, 2.24) is 0 Å². The van der Waals surface area contributed by atoms with Crippen LogP contribution in [0.3, 0.4) is 0 Å². The fraction of sp³-hybridized carbons (Fsp3) is 0.604. The van der Waals surface area contributed by atoms with Gasteiger partial charge in [-0.1, -0.05) is 241 Å². The highest BCUT2D eigenvalue weighted by atomic mass is 32.2. The van der Waals surface area contributed by atoms with E-state index in [1.807, 2.05) is 49.4 Å². The molecule has 14 rings (SSSR count). The van der Waals surface area contributed by atoms with E-state index in [0.717, 1.165) is 152 Å². The molecule has 129 heavy (non-hydrogen) atoms. The van der Waals surface area contributed by atoms with Crippen LogP contribution < -0.4 is 0 Å². The van der Waals surface area contributed by atoms with Gasteiger partial charge in [0.15, 0.2) is 19.7 Å². The molecule has 12 nitrogen and oxygen atoms in total. The van der Waals surface area contributed by atoms with Gasteiger partial charge in [-0.2, -0.15) is 8.78 Å². The molecule has 0 saturated heterocycles. The van der Waals surface area contributed by atoms with Gasteiger partial charge in [0, 0.05) is 35.0 Å². The molecular formula is C111H159F2NO11S4. The molecule has 712 valence electrons. The number of fused-ring (bicyclic) bond motifs is 4. The highest BCUT2D eigenvalue weighted by Crippen LogP contribution is 2.63. The number of hydrogen-bond donors (Lipinski definition) is 5. The Morgan fingerprint density at radius 3 is 1.19 bits per heavy atom. The first-order valence-corrected chi connectivity index (χ1v) is 56.1. The van der Waals surface area contributed by atoms with Gasteiger partial charge in [0.1, 0.15) is 0 Å². The van der Waals surface area contributed by atoms with Crippen LogP contribution in [0.4, 0.5) is 8.78 Å². The summed E-state index contributed by atoms with van der Waals surface area (Å²) >= 11 is 0. The molecule has 12 aliphatic rings. The number of aliphatic hydroxyl groups excluding tert-OH is 4. The first-order chi connectivity index (χ1) is 60.9. The maximum atomic E-state index is 14.0. The van der Waals surface area contributed by atoms with Crippen molar-refractivity contribution >= 4 is 39.2 Å². The van der Waals surface area contributed by atoms with Gasteiger partial charge >= 0.3 is 5.25 Å². The summed E-state index contributed by atoms with van der Waals surface area (Å²) in [6.07, 6.45) is 58.8. The number of allylic oxidation sites excluding steroid dienone is 21. The summed E-state index contributed by atoms with van der Waals surface area (Å²) in [7, 11) is -13.4. The maximum absolute atomic E-state index is 14.0. The quantitative estimate of drug-likeness (QED) is 0.0622. The van der Waals surface area contributed by atoms with Crippen LogP contribution in [0.5, 0.6) is 0 Å². The Morgan fingerprint density at radius 1 is 0.457 bits per heavy atom. The van der Waals surface area contributed by atoms with E-state index in [4.69, 9.17) is 4.78 Å². The van der Waals surface area contributed by atoms with Gasteiger partial charge in [-0.05, 0) is 352 Å². The van der Waals surface area contributed by atoms with Crippen LogP contribution in [0.15, 0.2) is 260 Å². The molecule has 0 spiro atoms. The Hall–Kier alpha value is -6.22. The third-order valence-corrected chi connectivity index (χ3v) is 38.5. The van der Waals surface area contributed by atoms with E-state index in [-0.39, 0.29) is 58.8 Å². The zero-order valence-corrected chi connectivity index (χ0v) is 83.2. The fourth-order valence-electron chi connectivity index (χ4n) is 25.4. The molecule has 2 aromatic carbocycles. The minimum Gasteiger partial charge on any atom is -0.393 e. The first kappa shape index (κ1) is 105. The van der Waals surface area contributed by atoms with E-state index in [0.29, 0.717) is 86.9 Å². The Labute approximate surface area is 778 Å². The smallest absolute Gasteiger partial charge is 0.345 e. The van der Waals surface area contributed by atoms with Crippen molar-refractivity contribution in [3.05, 3.63) is 250 Å². The van der Waals surface area contributed by atoms with Crippen molar-refractivity contribution in [2.24, 2.45) is 80.8 Å². The molecule has 5 N–H and O–H groups in total.